The van der Waals surface area contributed by atoms with Crippen molar-refractivity contribution in [3.05, 3.63) is 244 Å². The van der Waals surface area contributed by atoms with E-state index >= 15 is 0 Å². The summed E-state index contributed by atoms with van der Waals surface area (Å²) in [7, 11) is 0. The van der Waals surface area contributed by atoms with E-state index in [1.807, 2.05) is 127 Å². The maximum absolute atomic E-state index is 13.2. The molecule has 7 unspecified atom stereocenters. The molecular formula is C73H79BrClFIN7O7. The Bertz CT molecular complexity index is 3250. The third kappa shape index (κ3) is 20.9. The van der Waals surface area contributed by atoms with Gasteiger partial charge in [-0.1, -0.05) is 215 Å². The molecule has 0 N–H and O–H groups in total. The van der Waals surface area contributed by atoms with E-state index in [4.69, 9.17) is 45.5 Å². The molecule has 0 radical (unpaired) electrons. The second kappa shape index (κ2) is 34.6. The van der Waals surface area contributed by atoms with Crippen molar-refractivity contribution < 1.29 is 38.3 Å². The summed E-state index contributed by atoms with van der Waals surface area (Å²) < 4.78 is 15.6. The molecule has 14 nitrogen and oxygen atoms in total. The third-order valence-corrected chi connectivity index (χ3v) is 17.3. The lowest BCUT2D eigenvalue weighted by atomic mass is 10.0. The second-order valence-corrected chi connectivity index (χ2v) is 25.5. The zero-order valence-corrected chi connectivity index (χ0v) is 57.7. The van der Waals surface area contributed by atoms with Gasteiger partial charge < -0.3 is 33.9 Å². The van der Waals surface area contributed by atoms with Crippen LogP contribution in [0.2, 0.25) is 5.02 Å². The van der Waals surface area contributed by atoms with Crippen molar-refractivity contribution in [2.45, 2.75) is 157 Å². The largest absolute Gasteiger partial charge is 0.387 e. The fourth-order valence-corrected chi connectivity index (χ4v) is 11.8. The van der Waals surface area contributed by atoms with Gasteiger partial charge in [0.2, 0.25) is 0 Å². The number of hydrogen-bond acceptors (Lipinski definition) is 14. The Balaban J connectivity index is 0.000000137. The van der Waals surface area contributed by atoms with Crippen LogP contribution in [0.1, 0.15) is 192 Å². The minimum absolute atomic E-state index is 0.00806. The van der Waals surface area contributed by atoms with Gasteiger partial charge >= 0.3 is 0 Å². The molecule has 0 saturated heterocycles. The van der Waals surface area contributed by atoms with Crippen LogP contribution >= 0.6 is 50.1 Å². The summed E-state index contributed by atoms with van der Waals surface area (Å²) >= 11 is 11.8. The summed E-state index contributed by atoms with van der Waals surface area (Å²) in [6.45, 7) is 20.1. The number of aryl methyl sites for hydroxylation is 3. The van der Waals surface area contributed by atoms with Crippen molar-refractivity contribution in [1.82, 2.24) is 0 Å². The van der Waals surface area contributed by atoms with E-state index in [0.29, 0.717) is 12.0 Å². The van der Waals surface area contributed by atoms with Crippen LogP contribution in [0.25, 0.3) is 0 Å². The van der Waals surface area contributed by atoms with Crippen LogP contribution in [0.15, 0.2) is 210 Å². The maximum Gasteiger partial charge on any atom is 0.160 e. The first-order chi connectivity index (χ1) is 43.9. The number of benzene rings is 7. The van der Waals surface area contributed by atoms with Gasteiger partial charge in [0.25, 0.3) is 0 Å². The van der Waals surface area contributed by atoms with Gasteiger partial charge in [0.1, 0.15) is 5.82 Å². The molecule has 7 aromatic carbocycles. The van der Waals surface area contributed by atoms with Crippen LogP contribution < -0.4 is 0 Å². The quantitative estimate of drug-likeness (QED) is 0.144. The minimum atomic E-state index is -0.235. The molecular weight excluding hydrogens is 1350 g/mol. The Morgan fingerprint density at radius 2 is 0.637 bits per heavy atom. The topological polar surface area (TPSA) is 151 Å². The van der Waals surface area contributed by atoms with Crippen molar-refractivity contribution in [1.29, 1.82) is 0 Å². The summed E-state index contributed by atoms with van der Waals surface area (Å²) in [6.07, 6.45) is 6.51. The summed E-state index contributed by atoms with van der Waals surface area (Å²) in [5.41, 5.74) is 18.8. The zero-order valence-electron chi connectivity index (χ0n) is 53.2. The molecule has 0 spiro atoms. The molecule has 7 aliphatic rings. The number of hydrogen-bond donors (Lipinski definition) is 0. The Morgan fingerprint density at radius 3 is 1.01 bits per heavy atom. The zero-order chi connectivity index (χ0) is 64.8. The van der Waals surface area contributed by atoms with Crippen molar-refractivity contribution in [3.63, 3.8) is 0 Å². The van der Waals surface area contributed by atoms with E-state index in [1.165, 1.54) is 54.1 Å². The summed E-state index contributed by atoms with van der Waals surface area (Å²) in [5.74, 6) is -0.225. The Morgan fingerprint density at radius 1 is 0.341 bits per heavy atom. The van der Waals surface area contributed by atoms with Crippen LogP contribution in [0.3, 0.4) is 0 Å². The van der Waals surface area contributed by atoms with Gasteiger partial charge in [-0.3, -0.25) is 0 Å². The average molecular weight is 1430 g/mol. The number of nitrogens with zero attached hydrogens (tertiary/aromatic N) is 7. The van der Waals surface area contributed by atoms with Crippen LogP contribution in [0, 0.1) is 30.2 Å². The standard InChI is InChI=1S/3C11H13NO.C10H10BrNO.C10H10ClNO.C10H10FNO.C10H10INO/c1-8-3-5-10(6-4-8)11-7-9(2)12-13-11;2*1-8-5-3-4-6-10(8)11-7-9(2)12-13-11;4*1-7-6-10(13-12-7)8-4-2-3-5-9(8)11/h3*3-6,11H,7H2,1-2H3;4*2-5,10H,6H2,1H3. The van der Waals surface area contributed by atoms with Gasteiger partial charge in [0.15, 0.2) is 42.7 Å². The third-order valence-electron chi connectivity index (χ3n) is 15.2. The smallest absolute Gasteiger partial charge is 0.160 e. The normalized spacial score (nSPS) is 21.1. The van der Waals surface area contributed by atoms with Gasteiger partial charge in [-0.2, -0.15) is 0 Å². The van der Waals surface area contributed by atoms with Crippen LogP contribution in [-0.4, -0.2) is 40.0 Å². The fraction of sp³-hybridized carbons (Fsp3) is 0.329. The van der Waals surface area contributed by atoms with Gasteiger partial charge in [0, 0.05) is 80.3 Å². The molecule has 91 heavy (non-hydrogen) atoms. The molecule has 7 aliphatic heterocycles. The predicted molar refractivity (Wildman–Crippen MR) is 376 cm³/mol. The number of oxime groups is 7. The van der Waals surface area contributed by atoms with Crippen molar-refractivity contribution >= 4 is 90.1 Å². The maximum atomic E-state index is 13.2. The van der Waals surface area contributed by atoms with Crippen molar-refractivity contribution in [2.24, 2.45) is 36.1 Å². The minimum Gasteiger partial charge on any atom is -0.387 e. The highest BCUT2D eigenvalue weighted by Gasteiger charge is 2.27. The highest BCUT2D eigenvalue weighted by molar-refractivity contribution is 14.1. The molecule has 0 aromatic heterocycles. The molecule has 0 aliphatic carbocycles. The lowest BCUT2D eigenvalue weighted by molar-refractivity contribution is 0.0829. The molecule has 0 amide bonds. The van der Waals surface area contributed by atoms with E-state index < -0.39 is 0 Å². The Labute approximate surface area is 561 Å². The van der Waals surface area contributed by atoms with Crippen molar-refractivity contribution in [3.8, 4) is 0 Å². The molecule has 0 bridgehead atoms. The molecule has 0 fully saturated rings. The molecule has 14 rings (SSSR count). The summed E-state index contributed by atoms with van der Waals surface area (Å²) in [5, 5.41) is 28.1. The average Bonchev–Trinajstić information content (AvgIpc) is 3.27. The Hall–Kier alpha value is -7.74. The van der Waals surface area contributed by atoms with Gasteiger partial charge in [-0.25, -0.2) is 4.39 Å². The molecule has 476 valence electrons. The molecule has 18 heteroatoms. The SMILES string of the molecule is CC1=NOC(c2ccc(C)cc2)C1.CC1=NOC(c2ccccc2Br)C1.CC1=NOC(c2ccccc2C)C1.CC1=NOC(c2ccccc2C)C1.CC1=NOC(c2ccccc2Cl)C1.CC1=NOC(c2ccccc2F)C1.CC1=NOC(c2ccccc2I)C1. The van der Waals surface area contributed by atoms with E-state index in [0.717, 1.165) is 93.6 Å². The molecule has 7 aromatic rings. The van der Waals surface area contributed by atoms with Gasteiger partial charge in [-0.05, 0) is 144 Å². The van der Waals surface area contributed by atoms with E-state index in [2.05, 4.69) is 162 Å². The van der Waals surface area contributed by atoms with Crippen LogP contribution in [-0.2, 0) is 33.9 Å². The highest BCUT2D eigenvalue weighted by Crippen LogP contribution is 2.36. The monoisotopic (exact) mass is 1430 g/mol. The first kappa shape index (κ1) is 69.2. The second-order valence-electron chi connectivity index (χ2n) is 23.1. The van der Waals surface area contributed by atoms with E-state index in [-0.39, 0.29) is 48.5 Å². The first-order valence-electron chi connectivity index (χ1n) is 30.4. The highest BCUT2D eigenvalue weighted by atomic mass is 127. The van der Waals surface area contributed by atoms with Gasteiger partial charge in [0.05, 0.1) is 40.0 Å². The lowest BCUT2D eigenvalue weighted by Gasteiger charge is -2.10. The van der Waals surface area contributed by atoms with E-state index in [9.17, 15) is 4.39 Å². The molecule has 7 atom stereocenters. The number of halogens is 4. The Kier molecular flexibility index (Phi) is 26.3. The first-order valence-corrected chi connectivity index (χ1v) is 32.6. The predicted octanol–water partition coefficient (Wildman–Crippen LogP) is 20.8. The molecule has 7 heterocycles. The lowest BCUT2D eigenvalue weighted by Crippen LogP contribution is -2.00. The van der Waals surface area contributed by atoms with Crippen LogP contribution in [0.4, 0.5) is 4.39 Å². The van der Waals surface area contributed by atoms with E-state index in [1.54, 1.807) is 18.2 Å². The summed E-state index contributed by atoms with van der Waals surface area (Å²) in [4.78, 5) is 36.8. The van der Waals surface area contributed by atoms with Crippen LogP contribution in [0.5, 0.6) is 0 Å². The van der Waals surface area contributed by atoms with Gasteiger partial charge in [-0.15, -0.1) is 0 Å². The summed E-state index contributed by atoms with van der Waals surface area (Å²) in [6, 6.07) is 55.7. The number of rotatable bonds is 7. The van der Waals surface area contributed by atoms with Crippen molar-refractivity contribution in [2.75, 3.05) is 0 Å². The fourth-order valence-electron chi connectivity index (χ4n) is 10.3. The molecule has 0 saturated carbocycles.